The fourth-order valence-corrected chi connectivity index (χ4v) is 1.63. The second-order valence-electron chi connectivity index (χ2n) is 2.44. The van der Waals surface area contributed by atoms with E-state index in [0.717, 1.165) is 17.3 Å². The highest BCUT2D eigenvalue weighted by atomic mass is 32.2. The number of hydrogen-bond donors (Lipinski definition) is 1. The zero-order valence-corrected chi connectivity index (χ0v) is 8.16. The summed E-state index contributed by atoms with van der Waals surface area (Å²) in [7, 11) is 0. The molecule has 2 amide bonds. The van der Waals surface area contributed by atoms with Crippen LogP contribution in [0, 0.1) is 0 Å². The average molecular weight is 203 g/mol. The Kier molecular flexibility index (Phi) is 3.22. The standard InChI is InChI=1S/C7H9NO2S2/c1-5(3-11)2-8-6(9)4-12-7(8)10/h11H,1-4H2. The fraction of sp³-hybridized carbons (Fsp3) is 0.429. The van der Waals surface area contributed by atoms with Gasteiger partial charge >= 0.3 is 0 Å². The van der Waals surface area contributed by atoms with Gasteiger partial charge in [0.05, 0.1) is 12.3 Å². The fourth-order valence-electron chi connectivity index (χ4n) is 0.807. The molecule has 1 rings (SSSR count). The van der Waals surface area contributed by atoms with Crippen LogP contribution in [-0.2, 0) is 4.79 Å². The topological polar surface area (TPSA) is 37.4 Å². The molecule has 12 heavy (non-hydrogen) atoms. The number of carbonyl (C=O) groups excluding carboxylic acids is 2. The molecule has 0 aromatic heterocycles. The lowest BCUT2D eigenvalue weighted by Crippen LogP contribution is -2.30. The van der Waals surface area contributed by atoms with Crippen molar-refractivity contribution in [3.63, 3.8) is 0 Å². The largest absolute Gasteiger partial charge is 0.289 e. The maximum absolute atomic E-state index is 11.1. The Hall–Kier alpha value is -0.420. The van der Waals surface area contributed by atoms with Gasteiger partial charge in [0.1, 0.15) is 0 Å². The molecule has 0 aromatic rings. The molecule has 0 aliphatic carbocycles. The van der Waals surface area contributed by atoms with Gasteiger partial charge in [-0.3, -0.25) is 14.5 Å². The number of nitrogens with zero attached hydrogens (tertiary/aromatic N) is 1. The van der Waals surface area contributed by atoms with Gasteiger partial charge in [-0.25, -0.2) is 0 Å². The zero-order chi connectivity index (χ0) is 9.14. The van der Waals surface area contributed by atoms with Crippen molar-refractivity contribution in [2.24, 2.45) is 0 Å². The molecule has 0 spiro atoms. The third kappa shape index (κ3) is 2.04. The molecule has 1 heterocycles. The van der Waals surface area contributed by atoms with Crippen LogP contribution in [0.3, 0.4) is 0 Å². The van der Waals surface area contributed by atoms with E-state index in [1.165, 1.54) is 4.90 Å². The first-order valence-electron chi connectivity index (χ1n) is 3.39. The monoisotopic (exact) mass is 203 g/mol. The van der Waals surface area contributed by atoms with Gasteiger partial charge in [0.15, 0.2) is 0 Å². The van der Waals surface area contributed by atoms with Gasteiger partial charge in [-0.1, -0.05) is 18.3 Å². The quantitative estimate of drug-likeness (QED) is 0.552. The first-order valence-corrected chi connectivity index (χ1v) is 5.01. The van der Waals surface area contributed by atoms with Crippen LogP contribution in [-0.4, -0.2) is 34.1 Å². The van der Waals surface area contributed by atoms with E-state index < -0.39 is 0 Å². The van der Waals surface area contributed by atoms with Crippen LogP contribution < -0.4 is 0 Å². The number of hydrogen-bond acceptors (Lipinski definition) is 4. The van der Waals surface area contributed by atoms with Crippen molar-refractivity contribution in [1.82, 2.24) is 4.90 Å². The predicted octanol–water partition coefficient (Wildman–Crippen LogP) is 1.17. The minimum atomic E-state index is -0.178. The van der Waals surface area contributed by atoms with Crippen LogP contribution in [0.4, 0.5) is 4.79 Å². The van der Waals surface area contributed by atoms with Gasteiger partial charge in [-0.15, -0.1) is 0 Å². The van der Waals surface area contributed by atoms with Gasteiger partial charge in [0, 0.05) is 5.75 Å². The van der Waals surface area contributed by atoms with E-state index in [9.17, 15) is 9.59 Å². The smallest absolute Gasteiger partial charge is 0.273 e. The highest BCUT2D eigenvalue weighted by Gasteiger charge is 2.29. The summed E-state index contributed by atoms with van der Waals surface area (Å²) in [6.07, 6.45) is 0. The second-order valence-corrected chi connectivity index (χ2v) is 3.69. The minimum absolute atomic E-state index is 0.132. The molecule has 5 heteroatoms. The lowest BCUT2D eigenvalue weighted by Gasteiger charge is -2.12. The Morgan fingerprint density at radius 3 is 2.75 bits per heavy atom. The maximum atomic E-state index is 11.1. The van der Waals surface area contributed by atoms with E-state index in [4.69, 9.17) is 0 Å². The van der Waals surface area contributed by atoms with Crippen molar-refractivity contribution in [3.8, 4) is 0 Å². The van der Waals surface area contributed by atoms with E-state index in [2.05, 4.69) is 19.2 Å². The average Bonchev–Trinajstić information content (AvgIpc) is 2.35. The van der Waals surface area contributed by atoms with Crippen molar-refractivity contribution in [1.29, 1.82) is 0 Å². The first-order chi connectivity index (χ1) is 5.65. The third-order valence-electron chi connectivity index (χ3n) is 1.45. The summed E-state index contributed by atoms with van der Waals surface area (Å²) in [6, 6.07) is 0. The number of thioether (sulfide) groups is 1. The maximum Gasteiger partial charge on any atom is 0.289 e. The predicted molar refractivity (Wildman–Crippen MR) is 52.6 cm³/mol. The minimum Gasteiger partial charge on any atom is -0.273 e. The van der Waals surface area contributed by atoms with Crippen LogP contribution in [0.1, 0.15) is 0 Å². The number of rotatable bonds is 3. The second kappa shape index (κ2) is 4.00. The molecular weight excluding hydrogens is 194 g/mol. The summed E-state index contributed by atoms with van der Waals surface area (Å²) in [4.78, 5) is 23.3. The van der Waals surface area contributed by atoms with E-state index >= 15 is 0 Å². The Bertz CT molecular complexity index is 224. The van der Waals surface area contributed by atoms with E-state index in [0.29, 0.717) is 12.3 Å². The number of thiol groups is 1. The summed E-state index contributed by atoms with van der Waals surface area (Å²) in [5.41, 5.74) is 0.780. The number of imide groups is 1. The summed E-state index contributed by atoms with van der Waals surface area (Å²) in [6.45, 7) is 3.99. The van der Waals surface area contributed by atoms with Crippen LogP contribution >= 0.6 is 24.4 Å². The van der Waals surface area contributed by atoms with Crippen molar-refractivity contribution < 1.29 is 9.59 Å². The first kappa shape index (κ1) is 9.67. The van der Waals surface area contributed by atoms with E-state index in [1.54, 1.807) is 0 Å². The molecular formula is C7H9NO2S2. The zero-order valence-electron chi connectivity index (χ0n) is 6.45. The number of amides is 2. The SMILES string of the molecule is C=C(CS)CN1C(=O)CSC1=O. The molecule has 0 radical (unpaired) electrons. The Balaban J connectivity index is 2.56. The lowest BCUT2D eigenvalue weighted by molar-refractivity contribution is -0.124. The van der Waals surface area contributed by atoms with E-state index in [-0.39, 0.29) is 16.9 Å². The van der Waals surface area contributed by atoms with Crippen molar-refractivity contribution in [2.45, 2.75) is 0 Å². The Morgan fingerprint density at radius 2 is 2.33 bits per heavy atom. The summed E-state index contributed by atoms with van der Waals surface area (Å²) in [5.74, 6) is 0.633. The summed E-state index contributed by atoms with van der Waals surface area (Å²) >= 11 is 5.03. The van der Waals surface area contributed by atoms with Gasteiger partial charge in [-0.05, 0) is 5.57 Å². The molecule has 1 aliphatic heterocycles. The molecule has 3 nitrogen and oxygen atoms in total. The third-order valence-corrected chi connectivity index (χ3v) is 2.75. The highest BCUT2D eigenvalue weighted by molar-refractivity contribution is 8.14. The van der Waals surface area contributed by atoms with E-state index in [1.807, 2.05) is 0 Å². The van der Waals surface area contributed by atoms with Gasteiger partial charge in [0.25, 0.3) is 5.24 Å². The Labute approximate surface area is 80.6 Å². The molecule has 0 unspecified atom stereocenters. The molecule has 0 aromatic carbocycles. The van der Waals surface area contributed by atoms with Crippen LogP contribution in [0.2, 0.25) is 0 Å². The normalized spacial score (nSPS) is 17.2. The molecule has 0 N–H and O–H groups in total. The molecule has 66 valence electrons. The van der Waals surface area contributed by atoms with Crippen LogP contribution in [0.25, 0.3) is 0 Å². The summed E-state index contributed by atoms with van der Waals surface area (Å²) < 4.78 is 0. The van der Waals surface area contributed by atoms with Crippen molar-refractivity contribution >= 4 is 35.5 Å². The van der Waals surface area contributed by atoms with Crippen molar-refractivity contribution in [2.75, 3.05) is 18.1 Å². The molecule has 1 aliphatic rings. The molecule has 0 bridgehead atoms. The molecule has 0 saturated carbocycles. The number of carbonyl (C=O) groups is 2. The highest BCUT2D eigenvalue weighted by Crippen LogP contribution is 2.19. The Morgan fingerprint density at radius 1 is 1.67 bits per heavy atom. The molecule has 1 saturated heterocycles. The lowest BCUT2D eigenvalue weighted by atomic mass is 10.3. The van der Waals surface area contributed by atoms with Crippen LogP contribution in [0.15, 0.2) is 12.2 Å². The summed E-state index contributed by atoms with van der Waals surface area (Å²) in [5, 5.41) is -0.178. The molecule has 0 atom stereocenters. The van der Waals surface area contributed by atoms with Crippen molar-refractivity contribution in [3.05, 3.63) is 12.2 Å². The van der Waals surface area contributed by atoms with Gasteiger partial charge < -0.3 is 0 Å². The van der Waals surface area contributed by atoms with Crippen LogP contribution in [0.5, 0.6) is 0 Å². The van der Waals surface area contributed by atoms with Gasteiger partial charge in [0.2, 0.25) is 5.91 Å². The molecule has 1 fully saturated rings. The van der Waals surface area contributed by atoms with Gasteiger partial charge in [-0.2, -0.15) is 12.6 Å².